The molecule has 0 atom stereocenters. The van der Waals surface area contributed by atoms with E-state index in [9.17, 15) is 14.4 Å². The van der Waals surface area contributed by atoms with Gasteiger partial charge in [0.2, 0.25) is 6.41 Å². The number of carbonyl (C=O) groups is 3. The zero-order valence-electron chi connectivity index (χ0n) is 14.8. The molecule has 2 heterocycles. The van der Waals surface area contributed by atoms with Crippen LogP contribution in [0.1, 0.15) is 51.4 Å². The van der Waals surface area contributed by atoms with Gasteiger partial charge in [0.05, 0.1) is 23.3 Å². The van der Waals surface area contributed by atoms with Gasteiger partial charge in [-0.15, -0.1) is 11.3 Å². The van der Waals surface area contributed by atoms with Gasteiger partial charge in [0.1, 0.15) is 11.6 Å². The molecule has 3 rings (SSSR count). The lowest BCUT2D eigenvalue weighted by Crippen LogP contribution is -2.32. The molecule has 8 heteroatoms. The van der Waals surface area contributed by atoms with E-state index in [1.807, 2.05) is 20.8 Å². The van der Waals surface area contributed by atoms with Crippen LogP contribution in [0.5, 0.6) is 0 Å². The first-order valence-electron chi connectivity index (χ1n) is 8.08. The van der Waals surface area contributed by atoms with Crippen LogP contribution in [0.15, 0.2) is 30.5 Å². The van der Waals surface area contributed by atoms with Crippen LogP contribution in [0.25, 0.3) is 0 Å². The average Bonchev–Trinajstić information content (AvgIpc) is 3.12. The van der Waals surface area contributed by atoms with E-state index in [1.165, 1.54) is 21.3 Å². The Labute approximate surface area is 155 Å². The number of hydrogen-bond acceptors (Lipinski definition) is 6. The first kappa shape index (κ1) is 18.2. The Hall–Kier alpha value is -2.58. The number of rotatable bonds is 6. The first-order chi connectivity index (χ1) is 12.3. The van der Waals surface area contributed by atoms with Crippen molar-refractivity contribution in [3.05, 3.63) is 51.5 Å². The van der Waals surface area contributed by atoms with Crippen molar-refractivity contribution >= 4 is 29.6 Å². The Morgan fingerprint density at radius 1 is 1.19 bits per heavy atom. The quantitative estimate of drug-likeness (QED) is 0.442. The molecule has 0 aliphatic carbocycles. The van der Waals surface area contributed by atoms with Crippen LogP contribution < -0.4 is 0 Å². The van der Waals surface area contributed by atoms with Crippen molar-refractivity contribution in [1.29, 1.82) is 0 Å². The van der Waals surface area contributed by atoms with Crippen LogP contribution in [-0.2, 0) is 22.7 Å². The summed E-state index contributed by atoms with van der Waals surface area (Å²) in [6.45, 7) is 5.90. The number of carbonyl (C=O) groups excluding carboxylic acids is 3. The summed E-state index contributed by atoms with van der Waals surface area (Å²) in [5, 5.41) is 1.85. The standard InChI is InChI=1S/C18H19N3O4S/c1-18(2,3)25-20(11-22)10-15-19-8-12(26-15)9-21-16(23)13-6-4-5-7-14(13)17(21)24/h4-8,11H,9-10H2,1-3H3. The molecule has 136 valence electrons. The SMILES string of the molecule is CC(C)(C)ON(C=O)Cc1ncc(CN2C(=O)c3ccccc3C2=O)s1. The minimum Gasteiger partial charge on any atom is -0.276 e. The molecule has 0 radical (unpaired) electrons. The molecular weight excluding hydrogens is 354 g/mol. The molecule has 1 aliphatic heterocycles. The van der Waals surface area contributed by atoms with Gasteiger partial charge >= 0.3 is 0 Å². The number of hydroxylamine groups is 2. The van der Waals surface area contributed by atoms with E-state index >= 15 is 0 Å². The fourth-order valence-corrected chi connectivity index (χ4v) is 3.51. The van der Waals surface area contributed by atoms with Gasteiger partial charge in [0.25, 0.3) is 11.8 Å². The highest BCUT2D eigenvalue weighted by Crippen LogP contribution is 2.26. The lowest BCUT2D eigenvalue weighted by molar-refractivity contribution is -0.220. The summed E-state index contributed by atoms with van der Waals surface area (Å²) in [4.78, 5) is 47.8. The van der Waals surface area contributed by atoms with Crippen LogP contribution in [0.3, 0.4) is 0 Å². The van der Waals surface area contributed by atoms with E-state index in [2.05, 4.69) is 4.98 Å². The number of nitrogens with zero attached hydrogens (tertiary/aromatic N) is 3. The average molecular weight is 373 g/mol. The van der Waals surface area contributed by atoms with Crippen LogP contribution >= 0.6 is 11.3 Å². The second kappa shape index (κ2) is 6.97. The monoisotopic (exact) mass is 373 g/mol. The lowest BCUT2D eigenvalue weighted by Gasteiger charge is -2.25. The summed E-state index contributed by atoms with van der Waals surface area (Å²) in [7, 11) is 0. The van der Waals surface area contributed by atoms with Crippen LogP contribution in [0.2, 0.25) is 0 Å². The third kappa shape index (κ3) is 3.81. The summed E-state index contributed by atoms with van der Waals surface area (Å²) in [5.74, 6) is -0.600. The smallest absolute Gasteiger partial charge is 0.261 e. The largest absolute Gasteiger partial charge is 0.276 e. The number of hydrogen-bond donors (Lipinski definition) is 0. The number of aromatic nitrogens is 1. The van der Waals surface area contributed by atoms with Crippen LogP contribution in [0.4, 0.5) is 0 Å². The normalized spacial score (nSPS) is 13.9. The van der Waals surface area contributed by atoms with Gasteiger partial charge in [0.15, 0.2) is 0 Å². The molecular formula is C18H19N3O4S. The maximum atomic E-state index is 12.4. The molecule has 3 amide bonds. The van der Waals surface area contributed by atoms with Crippen molar-refractivity contribution < 1.29 is 19.2 Å². The Kier molecular flexibility index (Phi) is 4.88. The predicted octanol–water partition coefficient (Wildman–Crippen LogP) is 2.63. The molecule has 0 spiro atoms. The summed E-state index contributed by atoms with van der Waals surface area (Å²) >= 11 is 1.33. The molecule has 1 aromatic heterocycles. The van der Waals surface area contributed by atoms with Crippen molar-refractivity contribution in [2.75, 3.05) is 0 Å². The number of amides is 3. The van der Waals surface area contributed by atoms with E-state index in [4.69, 9.17) is 4.84 Å². The zero-order chi connectivity index (χ0) is 18.9. The Bertz CT molecular complexity index is 821. The topological polar surface area (TPSA) is 79.8 Å². The minimum atomic E-state index is -0.499. The highest BCUT2D eigenvalue weighted by molar-refractivity contribution is 7.11. The highest BCUT2D eigenvalue weighted by atomic mass is 32.1. The second-order valence-electron chi connectivity index (χ2n) is 6.85. The van der Waals surface area contributed by atoms with Crippen LogP contribution in [0, 0.1) is 0 Å². The third-order valence-corrected chi connectivity index (χ3v) is 4.56. The van der Waals surface area contributed by atoms with Gasteiger partial charge in [0, 0.05) is 11.1 Å². The molecule has 1 aliphatic rings. The molecule has 2 aromatic rings. The van der Waals surface area contributed by atoms with Crippen molar-refractivity contribution in [3.8, 4) is 0 Å². The summed E-state index contributed by atoms with van der Waals surface area (Å²) in [6, 6.07) is 6.78. The van der Waals surface area contributed by atoms with Gasteiger partial charge in [-0.2, -0.15) is 0 Å². The molecule has 0 unspecified atom stereocenters. The summed E-state index contributed by atoms with van der Waals surface area (Å²) in [5.41, 5.74) is 0.349. The maximum absolute atomic E-state index is 12.4. The summed E-state index contributed by atoms with van der Waals surface area (Å²) < 4.78 is 0. The second-order valence-corrected chi connectivity index (χ2v) is 8.05. The zero-order valence-corrected chi connectivity index (χ0v) is 15.6. The lowest BCUT2D eigenvalue weighted by atomic mass is 10.1. The maximum Gasteiger partial charge on any atom is 0.261 e. The minimum absolute atomic E-state index is 0.158. The van der Waals surface area contributed by atoms with Gasteiger partial charge in [-0.05, 0) is 32.9 Å². The Morgan fingerprint density at radius 2 is 1.81 bits per heavy atom. The number of benzene rings is 1. The third-order valence-electron chi connectivity index (χ3n) is 3.59. The molecule has 0 fully saturated rings. The van der Waals surface area contributed by atoms with Crippen molar-refractivity contribution in [2.45, 2.75) is 39.5 Å². The number of thiazole rings is 1. The van der Waals surface area contributed by atoms with Gasteiger partial charge in [-0.25, -0.2) is 10.0 Å². The fraction of sp³-hybridized carbons (Fsp3) is 0.333. The predicted molar refractivity (Wildman–Crippen MR) is 95.2 cm³/mol. The number of imide groups is 1. The molecule has 7 nitrogen and oxygen atoms in total. The van der Waals surface area contributed by atoms with E-state index in [-0.39, 0.29) is 24.9 Å². The van der Waals surface area contributed by atoms with Crippen molar-refractivity contribution in [3.63, 3.8) is 0 Å². The number of fused-ring (bicyclic) bond motifs is 1. The first-order valence-corrected chi connectivity index (χ1v) is 8.90. The van der Waals surface area contributed by atoms with E-state index in [1.54, 1.807) is 30.5 Å². The molecule has 1 aromatic carbocycles. The van der Waals surface area contributed by atoms with Crippen molar-refractivity contribution in [2.24, 2.45) is 0 Å². The molecule has 0 saturated heterocycles. The Balaban J connectivity index is 1.69. The van der Waals surface area contributed by atoms with E-state index < -0.39 is 5.60 Å². The molecule has 0 N–H and O–H groups in total. The van der Waals surface area contributed by atoms with Crippen molar-refractivity contribution in [1.82, 2.24) is 14.9 Å². The van der Waals surface area contributed by atoms with Gasteiger partial charge in [-0.3, -0.25) is 24.1 Å². The van der Waals surface area contributed by atoms with Gasteiger partial charge in [-0.1, -0.05) is 12.1 Å². The Morgan fingerprint density at radius 3 is 2.35 bits per heavy atom. The van der Waals surface area contributed by atoms with E-state index in [0.29, 0.717) is 22.5 Å². The molecule has 0 bridgehead atoms. The fourth-order valence-electron chi connectivity index (χ4n) is 2.61. The van der Waals surface area contributed by atoms with E-state index in [0.717, 1.165) is 4.88 Å². The molecule has 26 heavy (non-hydrogen) atoms. The van der Waals surface area contributed by atoms with Crippen LogP contribution in [-0.4, -0.2) is 38.8 Å². The highest BCUT2D eigenvalue weighted by Gasteiger charge is 2.35. The molecule has 0 saturated carbocycles. The summed E-state index contributed by atoms with van der Waals surface area (Å²) in [6.07, 6.45) is 2.22. The van der Waals surface area contributed by atoms with Gasteiger partial charge < -0.3 is 0 Å².